The maximum atomic E-state index is 5.76. The van der Waals surface area contributed by atoms with E-state index in [2.05, 4.69) is 34.3 Å². The number of benzene rings is 1. The summed E-state index contributed by atoms with van der Waals surface area (Å²) in [7, 11) is 0. The van der Waals surface area contributed by atoms with Gasteiger partial charge in [-0.05, 0) is 49.7 Å². The van der Waals surface area contributed by atoms with Crippen LogP contribution in [0, 0.1) is 13.8 Å². The Morgan fingerprint density at radius 2 is 2.00 bits per heavy atom. The number of furan rings is 1. The predicted molar refractivity (Wildman–Crippen MR) is 89.9 cm³/mol. The van der Waals surface area contributed by atoms with Gasteiger partial charge in [0.05, 0.1) is 0 Å². The molecule has 0 saturated carbocycles. The van der Waals surface area contributed by atoms with Gasteiger partial charge in [-0.25, -0.2) is 9.97 Å². The molecule has 1 N–H and O–H groups in total. The third kappa shape index (κ3) is 2.46. The van der Waals surface area contributed by atoms with Gasteiger partial charge in [0.2, 0.25) is 5.78 Å². The summed E-state index contributed by atoms with van der Waals surface area (Å²) in [6.07, 6.45) is 3.67. The maximum absolute atomic E-state index is 5.76. The third-order valence-corrected chi connectivity index (χ3v) is 3.66. The highest BCUT2D eigenvalue weighted by atomic mass is 16.3. The number of aryl methyl sites for hydroxylation is 2. The first-order valence-electron chi connectivity index (χ1n) is 7.44. The Morgan fingerprint density at radius 1 is 1.09 bits per heavy atom. The normalized spacial score (nSPS) is 11.0. The SMILES string of the molecule is Cc1cccc(Nc2c(-c3ccc(C)o3)nc3ncccn23)c1. The summed E-state index contributed by atoms with van der Waals surface area (Å²) < 4.78 is 7.68. The van der Waals surface area contributed by atoms with Gasteiger partial charge >= 0.3 is 0 Å². The molecule has 3 aromatic heterocycles. The van der Waals surface area contributed by atoms with E-state index >= 15 is 0 Å². The van der Waals surface area contributed by atoms with Gasteiger partial charge in [-0.2, -0.15) is 0 Å². The number of nitrogens with zero attached hydrogens (tertiary/aromatic N) is 3. The van der Waals surface area contributed by atoms with Gasteiger partial charge in [-0.1, -0.05) is 12.1 Å². The maximum Gasteiger partial charge on any atom is 0.236 e. The Hall–Kier alpha value is -3.08. The molecule has 3 heterocycles. The van der Waals surface area contributed by atoms with Crippen LogP contribution in [0.1, 0.15) is 11.3 Å². The third-order valence-electron chi connectivity index (χ3n) is 3.66. The van der Waals surface area contributed by atoms with E-state index in [1.54, 1.807) is 6.20 Å². The molecule has 1 aromatic carbocycles. The second kappa shape index (κ2) is 5.28. The number of hydrogen-bond donors (Lipinski definition) is 1. The van der Waals surface area contributed by atoms with E-state index in [1.807, 2.05) is 47.9 Å². The van der Waals surface area contributed by atoms with Crippen molar-refractivity contribution in [1.29, 1.82) is 0 Å². The highest BCUT2D eigenvalue weighted by Gasteiger charge is 2.17. The summed E-state index contributed by atoms with van der Waals surface area (Å²) in [6.45, 7) is 3.99. The van der Waals surface area contributed by atoms with Crippen LogP contribution in [0.3, 0.4) is 0 Å². The van der Waals surface area contributed by atoms with Crippen molar-refractivity contribution in [2.75, 3.05) is 5.32 Å². The van der Waals surface area contributed by atoms with Gasteiger partial charge in [0, 0.05) is 18.1 Å². The molecule has 0 aliphatic rings. The number of hydrogen-bond acceptors (Lipinski definition) is 4. The molecule has 0 aliphatic heterocycles. The number of rotatable bonds is 3. The summed E-state index contributed by atoms with van der Waals surface area (Å²) in [5.74, 6) is 3.05. The lowest BCUT2D eigenvalue weighted by Crippen LogP contribution is -1.97. The van der Waals surface area contributed by atoms with Crippen molar-refractivity contribution < 1.29 is 4.42 Å². The Morgan fingerprint density at radius 3 is 2.78 bits per heavy atom. The smallest absolute Gasteiger partial charge is 0.236 e. The van der Waals surface area contributed by atoms with E-state index in [1.165, 1.54) is 5.56 Å². The first-order valence-corrected chi connectivity index (χ1v) is 7.44. The topological polar surface area (TPSA) is 55.4 Å². The van der Waals surface area contributed by atoms with Crippen LogP contribution in [0.4, 0.5) is 11.5 Å². The lowest BCUT2D eigenvalue weighted by molar-refractivity contribution is 0.547. The quantitative estimate of drug-likeness (QED) is 0.611. The van der Waals surface area contributed by atoms with Gasteiger partial charge in [0.1, 0.15) is 11.6 Å². The molecule has 0 atom stereocenters. The summed E-state index contributed by atoms with van der Waals surface area (Å²) in [6, 6.07) is 14.0. The zero-order valence-corrected chi connectivity index (χ0v) is 12.9. The number of anilines is 2. The average molecular weight is 304 g/mol. The van der Waals surface area contributed by atoms with E-state index < -0.39 is 0 Å². The van der Waals surface area contributed by atoms with Crippen LogP contribution >= 0.6 is 0 Å². The van der Waals surface area contributed by atoms with Gasteiger partial charge in [-0.15, -0.1) is 0 Å². The molecule has 23 heavy (non-hydrogen) atoms. The monoisotopic (exact) mass is 304 g/mol. The van der Waals surface area contributed by atoms with Crippen LogP contribution in [0.25, 0.3) is 17.2 Å². The second-order valence-electron chi connectivity index (χ2n) is 5.50. The number of imidazole rings is 1. The Labute approximate surface area is 133 Å². The first kappa shape index (κ1) is 13.6. The van der Waals surface area contributed by atoms with Crippen molar-refractivity contribution in [3.8, 4) is 11.5 Å². The molecule has 5 nitrogen and oxygen atoms in total. The molecule has 0 unspecified atom stereocenters. The largest absolute Gasteiger partial charge is 0.460 e. The molecule has 0 aliphatic carbocycles. The van der Waals surface area contributed by atoms with Crippen molar-refractivity contribution in [2.45, 2.75) is 13.8 Å². The minimum atomic E-state index is 0.631. The predicted octanol–water partition coefficient (Wildman–Crippen LogP) is 4.35. The molecule has 5 heteroatoms. The Kier molecular flexibility index (Phi) is 3.12. The summed E-state index contributed by atoms with van der Waals surface area (Å²) >= 11 is 0. The Balaban J connectivity index is 1.89. The van der Waals surface area contributed by atoms with Crippen LogP contribution in [0.5, 0.6) is 0 Å². The van der Waals surface area contributed by atoms with Crippen LogP contribution in [-0.4, -0.2) is 14.4 Å². The molecule has 0 amide bonds. The molecular formula is C18H16N4O. The fraction of sp³-hybridized carbons (Fsp3) is 0.111. The number of fused-ring (bicyclic) bond motifs is 1. The van der Waals surface area contributed by atoms with E-state index in [0.717, 1.165) is 28.7 Å². The minimum absolute atomic E-state index is 0.631. The van der Waals surface area contributed by atoms with Crippen molar-refractivity contribution >= 4 is 17.3 Å². The second-order valence-corrected chi connectivity index (χ2v) is 5.50. The molecule has 0 radical (unpaired) electrons. The standard InChI is InChI=1S/C18H16N4O/c1-12-5-3-6-14(11-12)20-17-16(15-8-7-13(2)23-15)21-18-19-9-4-10-22(17)18/h3-11,20H,1-2H3. The minimum Gasteiger partial charge on any atom is -0.460 e. The molecule has 0 fully saturated rings. The molecular weight excluding hydrogens is 288 g/mol. The zero-order valence-electron chi connectivity index (χ0n) is 12.9. The average Bonchev–Trinajstić information content (AvgIpc) is 3.12. The number of aromatic nitrogens is 3. The molecule has 4 aromatic rings. The van der Waals surface area contributed by atoms with Gasteiger partial charge in [0.25, 0.3) is 0 Å². The lowest BCUT2D eigenvalue weighted by Gasteiger charge is -2.08. The van der Waals surface area contributed by atoms with Crippen LogP contribution in [0.15, 0.2) is 59.3 Å². The van der Waals surface area contributed by atoms with E-state index in [0.29, 0.717) is 5.78 Å². The van der Waals surface area contributed by atoms with Crippen molar-refractivity contribution in [3.05, 3.63) is 66.2 Å². The van der Waals surface area contributed by atoms with E-state index in [9.17, 15) is 0 Å². The summed E-state index contributed by atoms with van der Waals surface area (Å²) in [5.41, 5.74) is 2.94. The van der Waals surface area contributed by atoms with E-state index in [-0.39, 0.29) is 0 Å². The lowest BCUT2D eigenvalue weighted by atomic mass is 10.2. The fourth-order valence-electron chi connectivity index (χ4n) is 2.60. The van der Waals surface area contributed by atoms with Gasteiger partial charge in [-0.3, -0.25) is 4.40 Å². The van der Waals surface area contributed by atoms with Crippen molar-refractivity contribution in [3.63, 3.8) is 0 Å². The van der Waals surface area contributed by atoms with Gasteiger partial charge < -0.3 is 9.73 Å². The summed E-state index contributed by atoms with van der Waals surface area (Å²) in [4.78, 5) is 8.93. The number of nitrogens with one attached hydrogen (secondary N) is 1. The van der Waals surface area contributed by atoms with Crippen molar-refractivity contribution in [1.82, 2.24) is 14.4 Å². The van der Waals surface area contributed by atoms with Crippen LogP contribution < -0.4 is 5.32 Å². The van der Waals surface area contributed by atoms with Gasteiger partial charge in [0.15, 0.2) is 11.5 Å². The van der Waals surface area contributed by atoms with Crippen LogP contribution in [-0.2, 0) is 0 Å². The highest BCUT2D eigenvalue weighted by Crippen LogP contribution is 2.31. The molecule has 0 saturated heterocycles. The molecule has 0 bridgehead atoms. The van der Waals surface area contributed by atoms with E-state index in [4.69, 9.17) is 4.42 Å². The highest BCUT2D eigenvalue weighted by molar-refractivity contribution is 5.76. The summed E-state index contributed by atoms with van der Waals surface area (Å²) in [5, 5.41) is 3.44. The fourth-order valence-corrected chi connectivity index (χ4v) is 2.60. The molecule has 114 valence electrons. The Bertz CT molecular complexity index is 984. The molecule has 0 spiro atoms. The van der Waals surface area contributed by atoms with Crippen molar-refractivity contribution in [2.24, 2.45) is 0 Å². The first-order chi connectivity index (χ1) is 11.2. The zero-order chi connectivity index (χ0) is 15.8. The van der Waals surface area contributed by atoms with Crippen LogP contribution in [0.2, 0.25) is 0 Å². The molecule has 4 rings (SSSR count).